The van der Waals surface area contributed by atoms with Gasteiger partial charge < -0.3 is 9.88 Å². The summed E-state index contributed by atoms with van der Waals surface area (Å²) in [5, 5.41) is 7.25. The van der Waals surface area contributed by atoms with Crippen LogP contribution in [0.15, 0.2) is 175 Å². The SMILES string of the molecule is c1ccc(-c2cc(-c3ccccc3)nc(C3N=C(n4c5ccccc5c5cc6ccn(-c7ccccc7)c6cc54)Nc4ccccc43)n2)cc1. The smallest absolute Gasteiger partial charge is 0.208 e. The maximum atomic E-state index is 5.49. The second-order valence-corrected chi connectivity index (χ2v) is 12.6. The summed E-state index contributed by atoms with van der Waals surface area (Å²) in [4.78, 5) is 15.9. The molecule has 1 aliphatic heterocycles. The van der Waals surface area contributed by atoms with Crippen molar-refractivity contribution in [3.8, 4) is 28.2 Å². The Bertz CT molecular complexity index is 2670. The summed E-state index contributed by atoms with van der Waals surface area (Å²) in [6.45, 7) is 0. The number of hydrogen-bond acceptors (Lipinski definition) is 4. The molecule has 1 N–H and O–H groups in total. The number of hydrogen-bond donors (Lipinski definition) is 1. The van der Waals surface area contributed by atoms with E-state index in [4.69, 9.17) is 15.0 Å². The number of aliphatic imine (C=N–C) groups is 1. The Balaban J connectivity index is 1.22. The van der Waals surface area contributed by atoms with E-state index >= 15 is 0 Å². The van der Waals surface area contributed by atoms with Gasteiger partial charge in [0.25, 0.3) is 0 Å². The standard InChI is InChI=1S/C44H30N6/c1-4-14-29(15-5-1)37-27-38(30-16-6-2-7-17-30)46-43(45-37)42-34-21-10-12-22-36(34)47-44(48-42)50-39-23-13-11-20-33(39)35-26-31-24-25-49(40(31)28-41(35)50)32-18-8-3-9-19-32/h1-28,42H,(H,47,48). The first kappa shape index (κ1) is 28.2. The normalized spacial score (nSPS) is 14.1. The van der Waals surface area contributed by atoms with Gasteiger partial charge in [-0.2, -0.15) is 0 Å². The van der Waals surface area contributed by atoms with Crippen molar-refractivity contribution in [3.63, 3.8) is 0 Å². The van der Waals surface area contributed by atoms with Gasteiger partial charge in [-0.3, -0.25) is 4.57 Å². The lowest BCUT2D eigenvalue weighted by molar-refractivity contribution is 0.774. The van der Waals surface area contributed by atoms with E-state index in [1.54, 1.807) is 0 Å². The van der Waals surface area contributed by atoms with E-state index in [0.717, 1.165) is 62.0 Å². The number of fused-ring (bicyclic) bond motifs is 5. The van der Waals surface area contributed by atoms with Crippen LogP contribution in [0.25, 0.3) is 60.9 Å². The highest BCUT2D eigenvalue weighted by Crippen LogP contribution is 2.39. The first-order valence-electron chi connectivity index (χ1n) is 16.8. The van der Waals surface area contributed by atoms with Crippen LogP contribution < -0.4 is 5.32 Å². The summed E-state index contributed by atoms with van der Waals surface area (Å²) >= 11 is 0. The fourth-order valence-corrected chi connectivity index (χ4v) is 7.25. The fourth-order valence-electron chi connectivity index (χ4n) is 7.25. The van der Waals surface area contributed by atoms with Crippen molar-refractivity contribution in [2.24, 2.45) is 4.99 Å². The van der Waals surface area contributed by atoms with Crippen molar-refractivity contribution >= 4 is 44.4 Å². The van der Waals surface area contributed by atoms with Gasteiger partial charge in [0, 0.05) is 50.4 Å². The number of para-hydroxylation sites is 3. The van der Waals surface area contributed by atoms with Crippen molar-refractivity contribution in [1.82, 2.24) is 19.1 Å². The predicted octanol–water partition coefficient (Wildman–Crippen LogP) is 10.3. The Morgan fingerprint density at radius 2 is 1.16 bits per heavy atom. The van der Waals surface area contributed by atoms with E-state index in [9.17, 15) is 0 Å². The first-order valence-corrected chi connectivity index (χ1v) is 16.8. The monoisotopic (exact) mass is 642 g/mol. The molecule has 6 aromatic carbocycles. The Hall–Kier alpha value is -6.79. The lowest BCUT2D eigenvalue weighted by atomic mass is 10.0. The molecule has 4 heterocycles. The molecule has 0 bridgehead atoms. The molecule has 0 saturated heterocycles. The van der Waals surface area contributed by atoms with Gasteiger partial charge in [-0.1, -0.05) is 115 Å². The zero-order valence-electron chi connectivity index (χ0n) is 27.0. The molecule has 0 saturated carbocycles. The van der Waals surface area contributed by atoms with Crippen molar-refractivity contribution in [1.29, 1.82) is 0 Å². The number of benzene rings is 6. The van der Waals surface area contributed by atoms with Gasteiger partial charge in [0.2, 0.25) is 5.96 Å². The largest absolute Gasteiger partial charge is 0.325 e. The minimum Gasteiger partial charge on any atom is -0.325 e. The molecule has 236 valence electrons. The number of anilines is 1. The molecule has 3 aromatic heterocycles. The van der Waals surface area contributed by atoms with E-state index in [1.165, 1.54) is 16.2 Å². The molecule has 0 spiro atoms. The van der Waals surface area contributed by atoms with E-state index in [-0.39, 0.29) is 0 Å². The first-order chi connectivity index (χ1) is 24.8. The van der Waals surface area contributed by atoms with Crippen molar-refractivity contribution in [2.75, 3.05) is 5.32 Å². The molecule has 1 aliphatic rings. The Kier molecular flexibility index (Phi) is 6.45. The predicted molar refractivity (Wildman–Crippen MR) is 204 cm³/mol. The summed E-state index contributed by atoms with van der Waals surface area (Å²) in [5.74, 6) is 1.38. The van der Waals surface area contributed by atoms with Crippen LogP contribution in [0.4, 0.5) is 5.69 Å². The van der Waals surface area contributed by atoms with E-state index in [1.807, 2.05) is 36.4 Å². The van der Waals surface area contributed by atoms with Gasteiger partial charge >= 0.3 is 0 Å². The number of nitrogens with zero attached hydrogens (tertiary/aromatic N) is 5. The summed E-state index contributed by atoms with van der Waals surface area (Å²) in [7, 11) is 0. The van der Waals surface area contributed by atoms with Gasteiger partial charge in [0.15, 0.2) is 5.82 Å². The van der Waals surface area contributed by atoms with Gasteiger partial charge in [-0.05, 0) is 48.5 Å². The molecule has 9 aromatic rings. The highest BCUT2D eigenvalue weighted by molar-refractivity contribution is 6.19. The van der Waals surface area contributed by atoms with E-state index in [0.29, 0.717) is 5.82 Å². The summed E-state index contributed by atoms with van der Waals surface area (Å²) in [5.41, 5.74) is 10.2. The van der Waals surface area contributed by atoms with E-state index < -0.39 is 6.04 Å². The van der Waals surface area contributed by atoms with Crippen molar-refractivity contribution in [2.45, 2.75) is 6.04 Å². The lowest BCUT2D eigenvalue weighted by Gasteiger charge is -2.26. The third kappa shape index (κ3) is 4.61. The highest BCUT2D eigenvalue weighted by atomic mass is 15.2. The van der Waals surface area contributed by atoms with Crippen molar-refractivity contribution < 1.29 is 0 Å². The summed E-state index contributed by atoms with van der Waals surface area (Å²) < 4.78 is 4.51. The van der Waals surface area contributed by atoms with Crippen LogP contribution in [-0.2, 0) is 0 Å². The van der Waals surface area contributed by atoms with Gasteiger partial charge in [0.1, 0.15) is 6.04 Å². The Morgan fingerprint density at radius 3 is 1.90 bits per heavy atom. The summed E-state index contributed by atoms with van der Waals surface area (Å²) in [6, 6.07) is 56.4. The van der Waals surface area contributed by atoms with Crippen LogP contribution in [0.3, 0.4) is 0 Å². The van der Waals surface area contributed by atoms with Gasteiger partial charge in [-0.25, -0.2) is 15.0 Å². The molecule has 1 atom stereocenters. The molecule has 0 fully saturated rings. The number of aromatic nitrogens is 4. The maximum Gasteiger partial charge on any atom is 0.208 e. The van der Waals surface area contributed by atoms with E-state index in [2.05, 4.69) is 148 Å². The third-order valence-electron chi connectivity index (χ3n) is 9.61. The minimum absolute atomic E-state index is 0.443. The summed E-state index contributed by atoms with van der Waals surface area (Å²) in [6.07, 6.45) is 2.15. The topological polar surface area (TPSA) is 60.0 Å². The second-order valence-electron chi connectivity index (χ2n) is 12.6. The Morgan fingerprint density at radius 1 is 0.520 bits per heavy atom. The Labute approximate surface area is 288 Å². The van der Waals surface area contributed by atoms with Crippen molar-refractivity contribution in [3.05, 3.63) is 181 Å². The highest BCUT2D eigenvalue weighted by Gasteiger charge is 2.28. The molecular weight excluding hydrogens is 613 g/mol. The third-order valence-corrected chi connectivity index (χ3v) is 9.61. The zero-order chi connectivity index (χ0) is 33.0. The molecular formula is C44H30N6. The van der Waals surface area contributed by atoms with Crippen LogP contribution in [0.2, 0.25) is 0 Å². The second kappa shape index (κ2) is 11.4. The minimum atomic E-state index is -0.443. The zero-order valence-corrected chi connectivity index (χ0v) is 27.0. The molecule has 0 amide bonds. The number of nitrogens with one attached hydrogen (secondary N) is 1. The molecule has 6 nitrogen and oxygen atoms in total. The average Bonchev–Trinajstić information content (AvgIpc) is 3.76. The van der Waals surface area contributed by atoms with Crippen LogP contribution in [0, 0.1) is 0 Å². The van der Waals surface area contributed by atoms with Crippen LogP contribution in [0.5, 0.6) is 0 Å². The molecule has 10 rings (SSSR count). The quantitative estimate of drug-likeness (QED) is 0.208. The fraction of sp³-hybridized carbons (Fsp3) is 0.0227. The molecule has 1 unspecified atom stereocenters. The van der Waals surface area contributed by atoms with Crippen LogP contribution in [0.1, 0.15) is 17.4 Å². The molecule has 6 heteroatoms. The average molecular weight is 643 g/mol. The molecule has 0 radical (unpaired) electrons. The van der Waals surface area contributed by atoms with Crippen LogP contribution >= 0.6 is 0 Å². The van der Waals surface area contributed by atoms with Gasteiger partial charge in [-0.15, -0.1) is 0 Å². The molecule has 50 heavy (non-hydrogen) atoms. The molecule has 0 aliphatic carbocycles. The maximum absolute atomic E-state index is 5.49. The number of rotatable bonds is 4. The van der Waals surface area contributed by atoms with Gasteiger partial charge in [0.05, 0.1) is 27.9 Å². The van der Waals surface area contributed by atoms with Crippen LogP contribution in [-0.4, -0.2) is 25.1 Å². The lowest BCUT2D eigenvalue weighted by Crippen LogP contribution is -2.28.